The molecule has 1 amide bonds. The van der Waals surface area contributed by atoms with Gasteiger partial charge in [-0.25, -0.2) is 13.4 Å². The number of amides is 1. The van der Waals surface area contributed by atoms with Gasteiger partial charge in [0.2, 0.25) is 5.91 Å². The lowest BCUT2D eigenvalue weighted by atomic mass is 10.1. The predicted molar refractivity (Wildman–Crippen MR) is 139 cm³/mol. The van der Waals surface area contributed by atoms with Gasteiger partial charge in [-0.3, -0.25) is 9.69 Å². The van der Waals surface area contributed by atoms with Crippen LogP contribution in [0.15, 0.2) is 71.6 Å². The summed E-state index contributed by atoms with van der Waals surface area (Å²) in [7, 11) is -3.44. The lowest BCUT2D eigenvalue weighted by molar-refractivity contribution is -0.118. The number of nitrogens with zero attached hydrogens (tertiary/aromatic N) is 2. The van der Waals surface area contributed by atoms with E-state index in [0.717, 1.165) is 32.5 Å². The average Bonchev–Trinajstić information content (AvgIpc) is 3.25. The van der Waals surface area contributed by atoms with E-state index in [-0.39, 0.29) is 24.5 Å². The van der Waals surface area contributed by atoms with Crippen LogP contribution < -0.4 is 4.90 Å². The van der Waals surface area contributed by atoms with Crippen LogP contribution in [0.2, 0.25) is 0 Å². The highest BCUT2D eigenvalue weighted by Crippen LogP contribution is 2.33. The molecule has 1 heterocycles. The van der Waals surface area contributed by atoms with Crippen molar-refractivity contribution >= 4 is 42.4 Å². The van der Waals surface area contributed by atoms with Gasteiger partial charge in [-0.2, -0.15) is 0 Å². The van der Waals surface area contributed by atoms with Gasteiger partial charge in [-0.1, -0.05) is 65.4 Å². The Labute approximate surface area is 205 Å². The average molecular weight is 493 g/mol. The van der Waals surface area contributed by atoms with Crippen molar-refractivity contribution in [2.75, 3.05) is 10.7 Å². The molecule has 0 aliphatic rings. The third-order valence-corrected chi connectivity index (χ3v) is 8.83. The number of carbonyl (C=O) groups is 1. The number of benzene rings is 3. The fourth-order valence-electron chi connectivity index (χ4n) is 3.77. The molecule has 0 aliphatic carbocycles. The first-order valence-corrected chi connectivity index (χ1v) is 13.7. The van der Waals surface area contributed by atoms with E-state index in [2.05, 4.69) is 13.0 Å². The summed E-state index contributed by atoms with van der Waals surface area (Å²) in [4.78, 5) is 20.1. The van der Waals surface area contributed by atoms with E-state index >= 15 is 0 Å². The van der Waals surface area contributed by atoms with Crippen molar-refractivity contribution in [1.29, 1.82) is 0 Å². The number of aryl methyl sites for hydroxylation is 3. The van der Waals surface area contributed by atoms with E-state index < -0.39 is 9.84 Å². The van der Waals surface area contributed by atoms with E-state index in [0.29, 0.717) is 16.6 Å². The Morgan fingerprint density at radius 3 is 2.35 bits per heavy atom. The zero-order valence-corrected chi connectivity index (χ0v) is 21.2. The first-order chi connectivity index (χ1) is 16.2. The van der Waals surface area contributed by atoms with Gasteiger partial charge in [-0.15, -0.1) is 0 Å². The van der Waals surface area contributed by atoms with E-state index in [1.807, 2.05) is 50.2 Å². The normalized spacial score (nSPS) is 11.6. The van der Waals surface area contributed by atoms with Crippen molar-refractivity contribution in [2.45, 2.75) is 45.1 Å². The molecule has 176 valence electrons. The fourth-order valence-corrected chi connectivity index (χ4v) is 6.12. The fraction of sp³-hybridized carbons (Fsp3) is 0.259. The molecular formula is C27H28N2O3S2. The summed E-state index contributed by atoms with van der Waals surface area (Å²) >= 11 is 1.49. The van der Waals surface area contributed by atoms with Gasteiger partial charge in [0.05, 0.1) is 27.4 Å². The van der Waals surface area contributed by atoms with Crippen LogP contribution in [0.1, 0.15) is 35.1 Å². The molecule has 5 nitrogen and oxygen atoms in total. The SMILES string of the molecule is Cc1ccc(S(=O)(=O)CCCC(=O)N(Cc2ccccc2)c2nc3c(C)c(C)ccc3s2)cc1. The topological polar surface area (TPSA) is 67.3 Å². The molecule has 0 spiro atoms. The van der Waals surface area contributed by atoms with Gasteiger partial charge in [0.1, 0.15) is 0 Å². The van der Waals surface area contributed by atoms with Gasteiger partial charge in [0, 0.05) is 6.42 Å². The number of aromatic nitrogens is 1. The highest BCUT2D eigenvalue weighted by Gasteiger charge is 2.22. The summed E-state index contributed by atoms with van der Waals surface area (Å²) in [5.74, 6) is -0.199. The van der Waals surface area contributed by atoms with Gasteiger partial charge in [0.15, 0.2) is 15.0 Å². The van der Waals surface area contributed by atoms with E-state index in [1.165, 1.54) is 11.3 Å². The lowest BCUT2D eigenvalue weighted by Crippen LogP contribution is -2.30. The molecule has 0 aliphatic heterocycles. The number of sulfone groups is 1. The highest BCUT2D eigenvalue weighted by molar-refractivity contribution is 7.91. The molecule has 0 fully saturated rings. The summed E-state index contributed by atoms with van der Waals surface area (Å²) in [5.41, 5.74) is 5.18. The zero-order chi connectivity index (χ0) is 24.3. The number of thiazole rings is 1. The third-order valence-electron chi connectivity index (χ3n) is 5.97. The van der Waals surface area contributed by atoms with E-state index in [4.69, 9.17) is 4.98 Å². The number of hydrogen-bond donors (Lipinski definition) is 0. The third kappa shape index (κ3) is 5.37. The van der Waals surface area contributed by atoms with Crippen LogP contribution >= 0.6 is 11.3 Å². The molecule has 0 radical (unpaired) electrons. The molecule has 4 aromatic rings. The van der Waals surface area contributed by atoms with E-state index in [1.54, 1.807) is 29.2 Å². The van der Waals surface area contributed by atoms with Gasteiger partial charge in [-0.05, 0) is 62.1 Å². The van der Waals surface area contributed by atoms with Crippen molar-refractivity contribution in [3.63, 3.8) is 0 Å². The Morgan fingerprint density at radius 2 is 1.65 bits per heavy atom. The van der Waals surface area contributed by atoms with Crippen molar-refractivity contribution in [2.24, 2.45) is 0 Å². The second-order valence-corrected chi connectivity index (χ2v) is 11.7. The maximum atomic E-state index is 13.3. The number of carbonyl (C=O) groups excluding carboxylic acids is 1. The molecule has 4 rings (SSSR count). The molecule has 0 bridgehead atoms. The molecule has 0 atom stereocenters. The lowest BCUT2D eigenvalue weighted by Gasteiger charge is -2.20. The van der Waals surface area contributed by atoms with Crippen LogP contribution in [-0.2, 0) is 21.2 Å². The molecular weight excluding hydrogens is 464 g/mol. The summed E-state index contributed by atoms with van der Waals surface area (Å²) in [6.07, 6.45) is 0.384. The first kappa shape index (κ1) is 24.1. The van der Waals surface area contributed by atoms with Gasteiger partial charge >= 0.3 is 0 Å². The first-order valence-electron chi connectivity index (χ1n) is 11.2. The Hall–Kier alpha value is -3.03. The van der Waals surface area contributed by atoms with E-state index in [9.17, 15) is 13.2 Å². The van der Waals surface area contributed by atoms with Crippen molar-refractivity contribution in [3.8, 4) is 0 Å². The number of hydrogen-bond acceptors (Lipinski definition) is 5. The number of fused-ring (bicyclic) bond motifs is 1. The van der Waals surface area contributed by atoms with Crippen LogP contribution in [0, 0.1) is 20.8 Å². The molecule has 0 N–H and O–H groups in total. The van der Waals surface area contributed by atoms with Gasteiger partial charge < -0.3 is 0 Å². The maximum Gasteiger partial charge on any atom is 0.229 e. The molecule has 1 aromatic heterocycles. The molecule has 0 saturated carbocycles. The molecule has 34 heavy (non-hydrogen) atoms. The summed E-state index contributed by atoms with van der Waals surface area (Å²) < 4.78 is 26.4. The van der Waals surface area contributed by atoms with Crippen LogP contribution in [0.25, 0.3) is 10.2 Å². The predicted octanol–water partition coefficient (Wildman–Crippen LogP) is 6.01. The zero-order valence-electron chi connectivity index (χ0n) is 19.6. The second kappa shape index (κ2) is 10.1. The smallest absolute Gasteiger partial charge is 0.229 e. The summed E-state index contributed by atoms with van der Waals surface area (Å²) in [6, 6.07) is 20.7. The Morgan fingerprint density at radius 1 is 0.941 bits per heavy atom. The quantitative estimate of drug-likeness (QED) is 0.302. The molecule has 7 heteroatoms. The standard InChI is InChI=1S/C27H28N2O3S2/c1-19-11-14-23(15-12-19)34(31,32)17-7-10-25(30)29(18-22-8-5-4-6-9-22)27-28-26-21(3)20(2)13-16-24(26)33-27/h4-6,8-9,11-16H,7,10,17-18H2,1-3H3. The Kier molecular flexibility index (Phi) is 7.14. The number of rotatable bonds is 8. The van der Waals surface area contributed by atoms with Crippen LogP contribution in [0.4, 0.5) is 5.13 Å². The van der Waals surface area contributed by atoms with Crippen molar-refractivity contribution < 1.29 is 13.2 Å². The molecule has 0 saturated heterocycles. The largest absolute Gasteiger partial charge is 0.284 e. The minimum atomic E-state index is -3.44. The highest BCUT2D eigenvalue weighted by atomic mass is 32.2. The second-order valence-electron chi connectivity index (χ2n) is 8.55. The monoisotopic (exact) mass is 492 g/mol. The Balaban J connectivity index is 1.55. The minimum Gasteiger partial charge on any atom is -0.284 e. The molecule has 0 unspecified atom stereocenters. The van der Waals surface area contributed by atoms with Crippen molar-refractivity contribution in [1.82, 2.24) is 4.98 Å². The van der Waals surface area contributed by atoms with Crippen LogP contribution in [0.3, 0.4) is 0 Å². The maximum absolute atomic E-state index is 13.3. The molecule has 3 aromatic carbocycles. The van der Waals surface area contributed by atoms with Crippen LogP contribution in [-0.4, -0.2) is 25.1 Å². The minimum absolute atomic E-state index is 0.0703. The Bertz CT molecular complexity index is 1410. The van der Waals surface area contributed by atoms with Crippen LogP contribution in [0.5, 0.6) is 0 Å². The number of anilines is 1. The van der Waals surface area contributed by atoms with Crippen molar-refractivity contribution in [3.05, 3.63) is 89.0 Å². The van der Waals surface area contributed by atoms with Gasteiger partial charge in [0.25, 0.3) is 0 Å². The summed E-state index contributed by atoms with van der Waals surface area (Å²) in [5, 5.41) is 0.638. The summed E-state index contributed by atoms with van der Waals surface area (Å²) in [6.45, 7) is 6.40.